The summed E-state index contributed by atoms with van der Waals surface area (Å²) in [7, 11) is 0. The average Bonchev–Trinajstić information content (AvgIpc) is 3.16. The second-order valence-electron chi connectivity index (χ2n) is 4.92. The number of halogens is 2. The van der Waals surface area contributed by atoms with Gasteiger partial charge in [-0.1, -0.05) is 0 Å². The van der Waals surface area contributed by atoms with Crippen molar-refractivity contribution in [3.8, 4) is 0 Å². The highest BCUT2D eigenvalue weighted by Gasteiger charge is 2.26. The number of hydrogen-bond acceptors (Lipinski definition) is 4. The van der Waals surface area contributed by atoms with Crippen molar-refractivity contribution in [1.29, 1.82) is 0 Å². The minimum Gasteiger partial charge on any atom is -0.371 e. The molecule has 110 valence electrons. The molecule has 0 bridgehead atoms. The molecule has 0 amide bonds. The summed E-state index contributed by atoms with van der Waals surface area (Å²) >= 11 is 0. The zero-order valence-electron chi connectivity index (χ0n) is 10.9. The lowest BCUT2D eigenvalue weighted by Gasteiger charge is -2.10. The summed E-state index contributed by atoms with van der Waals surface area (Å²) in [4.78, 5) is 14.1. The van der Waals surface area contributed by atoms with Crippen LogP contribution in [0.5, 0.6) is 0 Å². The highest BCUT2D eigenvalue weighted by Crippen LogP contribution is 2.36. The first-order valence-corrected chi connectivity index (χ1v) is 6.44. The van der Waals surface area contributed by atoms with Gasteiger partial charge in [0.25, 0.3) is 5.69 Å². The van der Waals surface area contributed by atoms with Crippen molar-refractivity contribution in [2.45, 2.75) is 25.4 Å². The van der Waals surface area contributed by atoms with Gasteiger partial charge in [-0.05, 0) is 12.8 Å². The number of benzene rings is 1. The van der Waals surface area contributed by atoms with Crippen LogP contribution in [-0.2, 0) is 6.54 Å². The largest absolute Gasteiger partial charge is 0.371 e. The molecule has 0 atom stereocenters. The molecule has 1 aliphatic carbocycles. The molecule has 3 rings (SSSR count). The van der Waals surface area contributed by atoms with Crippen LogP contribution in [0.4, 0.5) is 20.2 Å². The summed E-state index contributed by atoms with van der Waals surface area (Å²) in [6, 6.07) is 1.72. The Morgan fingerprint density at radius 3 is 2.86 bits per heavy atom. The van der Waals surface area contributed by atoms with E-state index in [2.05, 4.69) is 10.3 Å². The number of nitrogens with one attached hydrogen (secondary N) is 1. The van der Waals surface area contributed by atoms with E-state index in [4.69, 9.17) is 0 Å². The van der Waals surface area contributed by atoms with Gasteiger partial charge in [-0.2, -0.15) is 0 Å². The minimum absolute atomic E-state index is 0.180. The Balaban J connectivity index is 1.84. The van der Waals surface area contributed by atoms with Gasteiger partial charge in [-0.15, -0.1) is 0 Å². The van der Waals surface area contributed by atoms with E-state index in [9.17, 15) is 18.9 Å². The molecule has 1 fully saturated rings. The molecule has 1 heterocycles. The number of aromatic nitrogens is 2. The lowest BCUT2D eigenvalue weighted by Crippen LogP contribution is -2.09. The maximum Gasteiger partial charge on any atom is 0.298 e. The summed E-state index contributed by atoms with van der Waals surface area (Å²) in [5, 5.41) is 13.6. The number of hydrogen-bond donors (Lipinski definition) is 1. The van der Waals surface area contributed by atoms with Crippen LogP contribution >= 0.6 is 0 Å². The summed E-state index contributed by atoms with van der Waals surface area (Å²) < 4.78 is 28.8. The molecule has 6 nitrogen and oxygen atoms in total. The van der Waals surface area contributed by atoms with E-state index in [0.29, 0.717) is 18.2 Å². The second-order valence-corrected chi connectivity index (χ2v) is 4.92. The van der Waals surface area contributed by atoms with Gasteiger partial charge >= 0.3 is 0 Å². The molecule has 0 radical (unpaired) electrons. The predicted molar refractivity (Wildman–Crippen MR) is 70.8 cm³/mol. The van der Waals surface area contributed by atoms with Crippen molar-refractivity contribution in [1.82, 2.24) is 9.55 Å². The molecule has 1 N–H and O–H groups in total. The molecule has 21 heavy (non-hydrogen) atoms. The van der Waals surface area contributed by atoms with Crippen LogP contribution in [0, 0.1) is 21.7 Å². The molecule has 0 unspecified atom stereocenters. The van der Waals surface area contributed by atoms with Gasteiger partial charge in [0.1, 0.15) is 11.5 Å². The first-order chi connectivity index (χ1) is 10.1. The summed E-state index contributed by atoms with van der Waals surface area (Å²) in [5.41, 5.74) is -0.134. The molecule has 2 aromatic rings. The van der Waals surface area contributed by atoms with Crippen LogP contribution in [0.25, 0.3) is 0 Å². The predicted octanol–water partition coefficient (Wildman–Crippen LogP) is 3.02. The van der Waals surface area contributed by atoms with Gasteiger partial charge in [0.15, 0.2) is 5.82 Å². The van der Waals surface area contributed by atoms with E-state index in [1.807, 2.05) is 4.57 Å². The van der Waals surface area contributed by atoms with Crippen molar-refractivity contribution < 1.29 is 13.7 Å². The van der Waals surface area contributed by atoms with E-state index < -0.39 is 22.2 Å². The molecule has 0 spiro atoms. The van der Waals surface area contributed by atoms with Crippen LogP contribution in [0.15, 0.2) is 24.7 Å². The van der Waals surface area contributed by atoms with Crippen LogP contribution in [0.3, 0.4) is 0 Å². The maximum absolute atomic E-state index is 13.7. The first-order valence-electron chi connectivity index (χ1n) is 6.44. The Morgan fingerprint density at radius 2 is 2.19 bits per heavy atom. The first kappa shape index (κ1) is 13.5. The zero-order chi connectivity index (χ0) is 15.0. The maximum atomic E-state index is 13.7. The fraction of sp³-hybridized carbons (Fsp3) is 0.308. The van der Waals surface area contributed by atoms with Gasteiger partial charge in [-0.3, -0.25) is 10.1 Å². The molecule has 0 aliphatic heterocycles. The molecule has 1 saturated carbocycles. The Bertz CT molecular complexity index is 697. The smallest absolute Gasteiger partial charge is 0.298 e. The Morgan fingerprint density at radius 1 is 1.43 bits per heavy atom. The van der Waals surface area contributed by atoms with E-state index in [0.717, 1.165) is 18.5 Å². The van der Waals surface area contributed by atoms with Gasteiger partial charge in [-0.25, -0.2) is 13.8 Å². The number of nitro benzene ring substituents is 1. The quantitative estimate of drug-likeness (QED) is 0.679. The van der Waals surface area contributed by atoms with Gasteiger partial charge in [0.05, 0.1) is 29.6 Å². The number of imidazole rings is 1. The highest BCUT2D eigenvalue weighted by atomic mass is 19.1. The van der Waals surface area contributed by atoms with Crippen molar-refractivity contribution in [2.75, 3.05) is 5.32 Å². The molecule has 8 heteroatoms. The third-order valence-corrected chi connectivity index (χ3v) is 3.36. The third kappa shape index (κ3) is 2.69. The summed E-state index contributed by atoms with van der Waals surface area (Å²) in [6.45, 7) is 0.180. The fourth-order valence-electron chi connectivity index (χ4n) is 2.21. The van der Waals surface area contributed by atoms with E-state index in [1.165, 1.54) is 0 Å². The molecular weight excluding hydrogens is 282 g/mol. The third-order valence-electron chi connectivity index (χ3n) is 3.36. The van der Waals surface area contributed by atoms with Crippen molar-refractivity contribution in [3.63, 3.8) is 0 Å². The number of nitro groups is 1. The minimum atomic E-state index is -0.987. The molecular formula is C13H12F2N4O2. The van der Waals surface area contributed by atoms with Gasteiger partial charge < -0.3 is 9.88 Å². The monoisotopic (exact) mass is 294 g/mol. The van der Waals surface area contributed by atoms with Crippen molar-refractivity contribution >= 4 is 11.4 Å². The Hall–Kier alpha value is -2.51. The number of anilines is 1. The molecule has 1 aromatic heterocycles. The Labute approximate surface area is 118 Å². The van der Waals surface area contributed by atoms with Gasteiger partial charge in [0.2, 0.25) is 0 Å². The Kier molecular flexibility index (Phi) is 3.28. The topological polar surface area (TPSA) is 73.0 Å². The lowest BCUT2D eigenvalue weighted by atomic mass is 10.2. The lowest BCUT2D eigenvalue weighted by molar-refractivity contribution is -0.384. The van der Waals surface area contributed by atoms with E-state index in [-0.39, 0.29) is 12.2 Å². The normalized spacial score (nSPS) is 14.2. The standard InChI is InChI=1S/C13H12F2N4O2/c14-8-3-11(15)13(12(4-8)19(20)21)17-6-10-5-16-7-18(10)9-1-2-9/h3-5,7,9,17H,1-2,6H2. The number of nitrogens with zero attached hydrogens (tertiary/aromatic N) is 3. The molecule has 1 aliphatic rings. The zero-order valence-corrected chi connectivity index (χ0v) is 10.9. The molecule has 1 aromatic carbocycles. The van der Waals surface area contributed by atoms with E-state index >= 15 is 0 Å². The average molecular weight is 294 g/mol. The van der Waals surface area contributed by atoms with Crippen LogP contribution in [0.1, 0.15) is 24.6 Å². The van der Waals surface area contributed by atoms with Crippen LogP contribution < -0.4 is 5.32 Å². The van der Waals surface area contributed by atoms with Crippen molar-refractivity contribution in [2.24, 2.45) is 0 Å². The van der Waals surface area contributed by atoms with E-state index in [1.54, 1.807) is 12.5 Å². The number of rotatable bonds is 5. The summed E-state index contributed by atoms with van der Waals surface area (Å²) in [6.07, 6.45) is 5.44. The second kappa shape index (κ2) is 5.12. The SMILES string of the molecule is O=[N+]([O-])c1cc(F)cc(F)c1NCc1cncn1C1CC1. The fourth-order valence-corrected chi connectivity index (χ4v) is 2.21. The van der Waals surface area contributed by atoms with Crippen molar-refractivity contribution in [3.05, 3.63) is 52.1 Å². The van der Waals surface area contributed by atoms with Crippen LogP contribution in [0.2, 0.25) is 0 Å². The van der Waals surface area contributed by atoms with Crippen LogP contribution in [-0.4, -0.2) is 14.5 Å². The summed E-state index contributed by atoms with van der Waals surface area (Å²) in [5.74, 6) is -1.97. The highest BCUT2D eigenvalue weighted by molar-refractivity contribution is 5.62. The molecule has 0 saturated heterocycles. The van der Waals surface area contributed by atoms with Gasteiger partial charge in [0, 0.05) is 18.3 Å².